The van der Waals surface area contributed by atoms with Crippen LogP contribution >= 0.6 is 0 Å². The van der Waals surface area contributed by atoms with Crippen LogP contribution in [-0.2, 0) is 19.2 Å². The molecule has 43 heavy (non-hydrogen) atoms. The van der Waals surface area contributed by atoms with Gasteiger partial charge in [0.25, 0.3) is 0 Å². The smallest absolute Gasteiger partial charge is 0.303 e. The molecule has 10 heteroatoms. The average Bonchev–Trinajstić information content (AvgIpc) is 3.59. The zero-order valence-corrected chi connectivity index (χ0v) is 26.2. The number of nitrogens with one attached hydrogen (secondary N) is 3. The second-order valence-electron chi connectivity index (χ2n) is 12.4. The molecule has 10 nitrogen and oxygen atoms in total. The molecule has 1 fully saturated rings. The number of rotatable bonds is 13. The summed E-state index contributed by atoms with van der Waals surface area (Å²) in [5.74, 6) is -1.55. The standard InChI is InChI=1S/C33H46N4O6/c1-7-20-19(6)32(42)37-27(20)14-25-18(5)23(10-12-31(40)41)29(35-25)15-28-22(9-11-30(38)39)17(4)24(34-28)13-26-16(3)21(8-2)33(43)36-26/h15,19-20,24-27,35H,7-14H2,1-6H3,(H,36,43)(H,37,42)(H,38,39)(H,40,41)/b29-15-/t19-,20-,24+,25+,26+,27+/m1/s1. The zero-order chi connectivity index (χ0) is 31.6. The summed E-state index contributed by atoms with van der Waals surface area (Å²) in [5, 5.41) is 28.8. The molecule has 0 saturated carbocycles. The average molecular weight is 595 g/mol. The summed E-state index contributed by atoms with van der Waals surface area (Å²) in [6.45, 7) is 12.0. The number of nitrogens with zero attached hydrogens (tertiary/aromatic N) is 1. The number of aliphatic carboxylic acids is 2. The van der Waals surface area contributed by atoms with E-state index >= 15 is 0 Å². The fraction of sp³-hybridized carbons (Fsp3) is 0.606. The van der Waals surface area contributed by atoms with E-state index in [0.717, 1.165) is 45.6 Å². The number of carboxylic acid groups (broad SMARTS) is 2. The lowest BCUT2D eigenvalue weighted by molar-refractivity contribution is -0.137. The number of hydrogen-bond acceptors (Lipinski definition) is 6. The van der Waals surface area contributed by atoms with Crippen LogP contribution in [-0.4, -0.2) is 63.8 Å². The van der Waals surface area contributed by atoms with Gasteiger partial charge in [-0.1, -0.05) is 27.2 Å². The Hall–Kier alpha value is -3.69. The van der Waals surface area contributed by atoms with Crippen LogP contribution in [0.2, 0.25) is 0 Å². The number of carboxylic acids is 2. The Labute approximate surface area is 253 Å². The first-order chi connectivity index (χ1) is 20.4. The van der Waals surface area contributed by atoms with Gasteiger partial charge in [-0.3, -0.25) is 24.2 Å². The van der Waals surface area contributed by atoms with E-state index in [-0.39, 0.29) is 60.7 Å². The Bertz CT molecular complexity index is 1350. The van der Waals surface area contributed by atoms with Crippen molar-refractivity contribution in [3.63, 3.8) is 0 Å². The highest BCUT2D eigenvalue weighted by Gasteiger charge is 2.41. The molecule has 0 unspecified atom stereocenters. The monoisotopic (exact) mass is 594 g/mol. The van der Waals surface area contributed by atoms with E-state index < -0.39 is 11.9 Å². The molecule has 0 aromatic heterocycles. The van der Waals surface area contributed by atoms with Crippen LogP contribution in [0, 0.1) is 11.8 Å². The van der Waals surface area contributed by atoms with Crippen molar-refractivity contribution in [1.82, 2.24) is 16.0 Å². The second kappa shape index (κ2) is 13.3. The van der Waals surface area contributed by atoms with Crippen molar-refractivity contribution in [3.05, 3.63) is 45.2 Å². The Balaban J connectivity index is 1.65. The molecule has 6 atom stereocenters. The number of amides is 2. The zero-order valence-electron chi connectivity index (χ0n) is 26.2. The van der Waals surface area contributed by atoms with E-state index in [9.17, 15) is 29.4 Å². The van der Waals surface area contributed by atoms with Crippen molar-refractivity contribution >= 4 is 29.5 Å². The van der Waals surface area contributed by atoms with E-state index in [2.05, 4.69) is 22.9 Å². The van der Waals surface area contributed by atoms with Crippen molar-refractivity contribution in [2.45, 2.75) is 117 Å². The fourth-order valence-electron chi connectivity index (χ4n) is 7.26. The summed E-state index contributed by atoms with van der Waals surface area (Å²) in [5.41, 5.74) is 7.19. The van der Waals surface area contributed by atoms with Gasteiger partial charge in [0.2, 0.25) is 11.8 Å². The molecule has 2 amide bonds. The van der Waals surface area contributed by atoms with E-state index in [1.54, 1.807) is 0 Å². The second-order valence-corrected chi connectivity index (χ2v) is 12.4. The van der Waals surface area contributed by atoms with Crippen molar-refractivity contribution in [3.8, 4) is 0 Å². The SMILES string of the molecule is CCC1=C(C)[C@H](C[C@@H]2N=C(/C=C3\N[C@@H](C[C@@H]4NC(=O)[C@H](C)[C@H]4CC)C(C)=C3CCC(=O)O)C(CCC(=O)O)=C2C)NC1=O. The van der Waals surface area contributed by atoms with Gasteiger partial charge in [0.05, 0.1) is 17.8 Å². The van der Waals surface area contributed by atoms with E-state index in [1.165, 1.54) is 0 Å². The van der Waals surface area contributed by atoms with Gasteiger partial charge in [-0.25, -0.2) is 0 Å². The van der Waals surface area contributed by atoms with Gasteiger partial charge in [-0.15, -0.1) is 0 Å². The minimum atomic E-state index is -0.888. The first-order valence-corrected chi connectivity index (χ1v) is 15.6. The van der Waals surface area contributed by atoms with E-state index in [0.29, 0.717) is 37.8 Å². The summed E-state index contributed by atoms with van der Waals surface area (Å²) in [7, 11) is 0. The number of aliphatic imine (C=N–C) groups is 1. The molecule has 0 radical (unpaired) electrons. The van der Waals surface area contributed by atoms with Crippen LogP contribution in [0.4, 0.5) is 0 Å². The Kier molecular flexibility index (Phi) is 9.97. The van der Waals surface area contributed by atoms with Gasteiger partial charge in [0.1, 0.15) is 0 Å². The molecular formula is C33H46N4O6. The molecule has 0 aromatic carbocycles. The summed E-state index contributed by atoms with van der Waals surface area (Å²) >= 11 is 0. The quantitative estimate of drug-likeness (QED) is 0.214. The molecule has 4 aliphatic rings. The van der Waals surface area contributed by atoms with E-state index in [4.69, 9.17) is 4.99 Å². The highest BCUT2D eigenvalue weighted by molar-refractivity contribution is 6.11. The van der Waals surface area contributed by atoms with Gasteiger partial charge in [0.15, 0.2) is 0 Å². The number of carbonyl (C=O) groups excluding carboxylic acids is 2. The maximum absolute atomic E-state index is 12.5. The topological polar surface area (TPSA) is 157 Å². The predicted molar refractivity (Wildman–Crippen MR) is 164 cm³/mol. The summed E-state index contributed by atoms with van der Waals surface area (Å²) < 4.78 is 0. The van der Waals surface area contributed by atoms with Crippen LogP contribution in [0.3, 0.4) is 0 Å². The third kappa shape index (κ3) is 6.78. The third-order valence-electron chi connectivity index (χ3n) is 9.94. The fourth-order valence-corrected chi connectivity index (χ4v) is 7.26. The summed E-state index contributed by atoms with van der Waals surface area (Å²) in [6.07, 6.45) is 5.41. The molecule has 234 valence electrons. The Morgan fingerprint density at radius 1 is 0.837 bits per heavy atom. The molecular weight excluding hydrogens is 548 g/mol. The molecule has 5 N–H and O–H groups in total. The lowest BCUT2D eigenvalue weighted by Crippen LogP contribution is -2.37. The van der Waals surface area contributed by atoms with Crippen molar-refractivity contribution in [2.75, 3.05) is 0 Å². The maximum Gasteiger partial charge on any atom is 0.303 e. The van der Waals surface area contributed by atoms with Crippen molar-refractivity contribution < 1.29 is 29.4 Å². The highest BCUT2D eigenvalue weighted by Crippen LogP contribution is 2.37. The third-order valence-corrected chi connectivity index (χ3v) is 9.94. The van der Waals surface area contributed by atoms with Crippen molar-refractivity contribution in [2.24, 2.45) is 16.8 Å². The molecule has 4 aliphatic heterocycles. The molecule has 1 saturated heterocycles. The summed E-state index contributed by atoms with van der Waals surface area (Å²) in [6, 6.07) is -0.389. The van der Waals surface area contributed by atoms with Crippen LogP contribution in [0.5, 0.6) is 0 Å². The number of hydrogen-bond donors (Lipinski definition) is 5. The van der Waals surface area contributed by atoms with Crippen LogP contribution in [0.15, 0.2) is 50.2 Å². The molecule has 4 heterocycles. The highest BCUT2D eigenvalue weighted by atomic mass is 16.4. The van der Waals surface area contributed by atoms with Gasteiger partial charge in [0, 0.05) is 42.1 Å². The first-order valence-electron chi connectivity index (χ1n) is 15.6. The van der Waals surface area contributed by atoms with Gasteiger partial charge >= 0.3 is 11.9 Å². The van der Waals surface area contributed by atoms with Crippen LogP contribution < -0.4 is 16.0 Å². The minimum absolute atomic E-state index is 0.0181. The molecule has 0 aliphatic carbocycles. The Morgan fingerprint density at radius 3 is 2.02 bits per heavy atom. The Morgan fingerprint density at radius 2 is 1.44 bits per heavy atom. The maximum atomic E-state index is 12.5. The van der Waals surface area contributed by atoms with Crippen LogP contribution in [0.25, 0.3) is 0 Å². The van der Waals surface area contributed by atoms with E-state index in [1.807, 2.05) is 40.7 Å². The largest absolute Gasteiger partial charge is 0.481 e. The van der Waals surface area contributed by atoms with Gasteiger partial charge < -0.3 is 26.2 Å². The number of carbonyl (C=O) groups is 4. The minimum Gasteiger partial charge on any atom is -0.481 e. The van der Waals surface area contributed by atoms with Gasteiger partial charge in [-0.05, 0) is 92.7 Å². The molecule has 0 spiro atoms. The first kappa shape index (κ1) is 32.2. The summed E-state index contributed by atoms with van der Waals surface area (Å²) in [4.78, 5) is 53.0. The molecule has 4 rings (SSSR count). The van der Waals surface area contributed by atoms with Crippen LogP contribution in [0.1, 0.15) is 92.9 Å². The lowest BCUT2D eigenvalue weighted by atomic mass is 9.85. The van der Waals surface area contributed by atoms with Gasteiger partial charge in [-0.2, -0.15) is 0 Å². The van der Waals surface area contributed by atoms with Crippen molar-refractivity contribution in [1.29, 1.82) is 0 Å². The normalized spacial score (nSPS) is 29.9. The number of allylic oxidation sites excluding steroid dienone is 3. The molecule has 0 bridgehead atoms. The predicted octanol–water partition coefficient (Wildman–Crippen LogP) is 4.19. The molecule has 0 aromatic rings. The lowest BCUT2D eigenvalue weighted by Gasteiger charge is -2.24.